The summed E-state index contributed by atoms with van der Waals surface area (Å²) in [4.78, 5) is 5.07. The molecule has 70 valence electrons. The van der Waals surface area contributed by atoms with Crippen LogP contribution >= 0.6 is 11.3 Å². The molecule has 1 rings (SSSR count). The molecule has 0 spiro atoms. The van der Waals surface area contributed by atoms with Gasteiger partial charge in [0.05, 0.1) is 15.6 Å². The van der Waals surface area contributed by atoms with Crippen molar-refractivity contribution < 1.29 is 0 Å². The molecule has 0 aliphatic heterocycles. The topological polar surface area (TPSA) is 89.6 Å². The van der Waals surface area contributed by atoms with Crippen LogP contribution in [0.25, 0.3) is 0 Å². The number of nitrogens with two attached hydrogens (primary N) is 2. The Morgan fingerprint density at radius 3 is 2.62 bits per heavy atom. The highest BCUT2D eigenvalue weighted by atomic mass is 32.1. The van der Waals surface area contributed by atoms with Gasteiger partial charge in [0, 0.05) is 6.20 Å². The molecule has 0 aliphatic carbocycles. The number of rotatable bonds is 2. The molecule has 0 unspecified atom stereocenters. The van der Waals surface area contributed by atoms with Crippen molar-refractivity contribution in [1.29, 1.82) is 0 Å². The Bertz CT molecular complexity index is 348. The number of thiazole rings is 1. The van der Waals surface area contributed by atoms with Gasteiger partial charge in [0.1, 0.15) is 0 Å². The van der Waals surface area contributed by atoms with Crippen LogP contribution in [0.3, 0.4) is 0 Å². The van der Waals surface area contributed by atoms with Gasteiger partial charge >= 0.3 is 0 Å². The molecular formula is C7H11N5S. The molecule has 0 radical (unpaired) electrons. The van der Waals surface area contributed by atoms with E-state index in [1.165, 1.54) is 0 Å². The van der Waals surface area contributed by atoms with Crippen LogP contribution in [0.2, 0.25) is 0 Å². The Labute approximate surface area is 80.2 Å². The van der Waals surface area contributed by atoms with Gasteiger partial charge in [-0.15, -0.1) is 16.4 Å². The zero-order valence-electron chi connectivity index (χ0n) is 7.48. The Morgan fingerprint density at radius 1 is 1.46 bits per heavy atom. The van der Waals surface area contributed by atoms with Gasteiger partial charge in [-0.3, -0.25) is 0 Å². The van der Waals surface area contributed by atoms with E-state index in [1.807, 2.05) is 13.8 Å². The molecule has 0 saturated heterocycles. The molecule has 0 amide bonds. The molecule has 13 heavy (non-hydrogen) atoms. The lowest BCUT2D eigenvalue weighted by molar-refractivity contribution is 1.20. The Morgan fingerprint density at radius 2 is 2.15 bits per heavy atom. The maximum absolute atomic E-state index is 5.13. The summed E-state index contributed by atoms with van der Waals surface area (Å²) in [6.45, 7) is 3.77. The lowest BCUT2D eigenvalue weighted by atomic mass is 10.4. The number of guanidine groups is 1. The van der Waals surface area contributed by atoms with E-state index in [1.54, 1.807) is 17.5 Å². The third kappa shape index (κ3) is 2.83. The first-order chi connectivity index (χ1) is 6.09. The van der Waals surface area contributed by atoms with Gasteiger partial charge in [-0.1, -0.05) is 0 Å². The minimum absolute atomic E-state index is 0.0411. The Kier molecular flexibility index (Phi) is 2.97. The van der Waals surface area contributed by atoms with E-state index in [9.17, 15) is 0 Å². The summed E-state index contributed by atoms with van der Waals surface area (Å²) in [5.74, 6) is -0.0411. The lowest BCUT2D eigenvalue weighted by Gasteiger charge is -1.90. The molecule has 0 bridgehead atoms. The number of nitrogens with zero attached hydrogens (tertiary/aromatic N) is 3. The lowest BCUT2D eigenvalue weighted by Crippen LogP contribution is -2.22. The molecule has 5 nitrogen and oxygen atoms in total. The molecule has 6 heteroatoms. The van der Waals surface area contributed by atoms with Crippen LogP contribution in [0.1, 0.15) is 16.8 Å². The highest BCUT2D eigenvalue weighted by molar-refractivity contribution is 7.13. The monoisotopic (exact) mass is 197 g/mol. The van der Waals surface area contributed by atoms with Crippen LogP contribution in [0.4, 0.5) is 0 Å². The van der Waals surface area contributed by atoms with Gasteiger partial charge in [0.25, 0.3) is 0 Å². The van der Waals surface area contributed by atoms with E-state index in [4.69, 9.17) is 11.5 Å². The van der Waals surface area contributed by atoms with Gasteiger partial charge in [0.2, 0.25) is 5.96 Å². The first kappa shape index (κ1) is 9.66. The van der Waals surface area contributed by atoms with Gasteiger partial charge in [-0.2, -0.15) is 5.10 Å². The van der Waals surface area contributed by atoms with Crippen molar-refractivity contribution in [3.63, 3.8) is 0 Å². The summed E-state index contributed by atoms with van der Waals surface area (Å²) in [5, 5.41) is 8.38. The van der Waals surface area contributed by atoms with Gasteiger partial charge in [0.15, 0.2) is 0 Å². The molecule has 1 heterocycles. The summed E-state index contributed by atoms with van der Waals surface area (Å²) >= 11 is 1.55. The van der Waals surface area contributed by atoms with Crippen LogP contribution in [0.5, 0.6) is 0 Å². The first-order valence-corrected chi connectivity index (χ1v) is 4.47. The molecule has 0 saturated carbocycles. The molecule has 0 aromatic carbocycles. The van der Waals surface area contributed by atoms with E-state index in [0.717, 1.165) is 15.6 Å². The standard InChI is InChI=1S/C7H11N5S/c1-4(11-12-7(8)9)6-3-10-5(2)13-6/h3H,1-2H3,(H4,8,9,12)/b11-4+. The molecule has 0 atom stereocenters. The first-order valence-electron chi connectivity index (χ1n) is 3.65. The number of aryl methyl sites for hydroxylation is 1. The molecular weight excluding hydrogens is 186 g/mol. The van der Waals surface area contributed by atoms with Crippen LogP contribution in [-0.4, -0.2) is 16.7 Å². The predicted molar refractivity (Wildman–Crippen MR) is 54.9 cm³/mol. The SMILES string of the molecule is C/C(=N\N=C(N)N)c1cnc(C)s1. The summed E-state index contributed by atoms with van der Waals surface area (Å²) < 4.78 is 0. The summed E-state index contributed by atoms with van der Waals surface area (Å²) in [6.07, 6.45) is 1.75. The third-order valence-corrected chi connectivity index (χ3v) is 2.31. The Hall–Kier alpha value is -1.43. The zero-order chi connectivity index (χ0) is 9.84. The second-order valence-electron chi connectivity index (χ2n) is 2.45. The normalized spacial score (nSPS) is 11.4. The van der Waals surface area contributed by atoms with Crippen molar-refractivity contribution in [1.82, 2.24) is 4.98 Å². The van der Waals surface area contributed by atoms with Crippen molar-refractivity contribution >= 4 is 23.0 Å². The maximum atomic E-state index is 5.13. The minimum atomic E-state index is -0.0411. The summed E-state index contributed by atoms with van der Waals surface area (Å²) in [7, 11) is 0. The largest absolute Gasteiger partial charge is 0.369 e. The number of hydrogen-bond acceptors (Lipinski definition) is 4. The second-order valence-corrected chi connectivity index (χ2v) is 3.69. The zero-order valence-corrected chi connectivity index (χ0v) is 8.30. The number of aromatic nitrogens is 1. The fraction of sp³-hybridized carbons (Fsp3) is 0.286. The second kappa shape index (κ2) is 3.99. The predicted octanol–water partition coefficient (Wildman–Crippen LogP) is 0.449. The van der Waals surface area contributed by atoms with E-state index in [-0.39, 0.29) is 5.96 Å². The quantitative estimate of drug-likeness (QED) is 0.409. The van der Waals surface area contributed by atoms with Crippen LogP contribution < -0.4 is 11.5 Å². The van der Waals surface area contributed by atoms with Crippen molar-refractivity contribution in [3.05, 3.63) is 16.1 Å². The van der Waals surface area contributed by atoms with E-state index >= 15 is 0 Å². The third-order valence-electron chi connectivity index (χ3n) is 1.29. The molecule has 4 N–H and O–H groups in total. The minimum Gasteiger partial charge on any atom is -0.369 e. The van der Waals surface area contributed by atoms with Crippen LogP contribution in [0.15, 0.2) is 16.4 Å². The van der Waals surface area contributed by atoms with Gasteiger partial charge < -0.3 is 11.5 Å². The van der Waals surface area contributed by atoms with Crippen molar-refractivity contribution in [2.24, 2.45) is 21.7 Å². The fourth-order valence-corrected chi connectivity index (χ4v) is 1.43. The van der Waals surface area contributed by atoms with Crippen LogP contribution in [-0.2, 0) is 0 Å². The van der Waals surface area contributed by atoms with E-state index in [0.29, 0.717) is 0 Å². The van der Waals surface area contributed by atoms with Crippen molar-refractivity contribution in [2.45, 2.75) is 13.8 Å². The highest BCUT2D eigenvalue weighted by Gasteiger charge is 2.00. The fourth-order valence-electron chi connectivity index (χ4n) is 0.711. The van der Waals surface area contributed by atoms with Gasteiger partial charge in [-0.25, -0.2) is 4.98 Å². The highest BCUT2D eigenvalue weighted by Crippen LogP contribution is 2.12. The van der Waals surface area contributed by atoms with E-state index in [2.05, 4.69) is 15.2 Å². The molecule has 0 aliphatic rings. The molecule has 1 aromatic heterocycles. The summed E-state index contributed by atoms with van der Waals surface area (Å²) in [6, 6.07) is 0. The van der Waals surface area contributed by atoms with E-state index < -0.39 is 0 Å². The smallest absolute Gasteiger partial charge is 0.211 e. The van der Waals surface area contributed by atoms with Crippen molar-refractivity contribution in [2.75, 3.05) is 0 Å². The summed E-state index contributed by atoms with van der Waals surface area (Å²) in [5.41, 5.74) is 11.0. The average Bonchev–Trinajstić information content (AvgIpc) is 2.47. The number of hydrogen-bond donors (Lipinski definition) is 2. The van der Waals surface area contributed by atoms with Crippen molar-refractivity contribution in [3.8, 4) is 0 Å². The maximum Gasteiger partial charge on any atom is 0.211 e. The van der Waals surface area contributed by atoms with Gasteiger partial charge in [-0.05, 0) is 13.8 Å². The Balaban J connectivity index is 2.85. The molecule has 1 aromatic rings. The average molecular weight is 197 g/mol. The van der Waals surface area contributed by atoms with Crippen LogP contribution in [0, 0.1) is 6.92 Å². The molecule has 0 fully saturated rings.